The van der Waals surface area contributed by atoms with Crippen molar-refractivity contribution in [1.82, 2.24) is 4.90 Å². The zero-order valence-electron chi connectivity index (χ0n) is 14.4. The van der Waals surface area contributed by atoms with Crippen LogP contribution in [0.15, 0.2) is 70.0 Å². The number of nitrogens with zero attached hydrogens (tertiary/aromatic N) is 1. The SMILES string of the molecule is O=C1S/C(=C\c2ccc(-c3cc(Cl)cc(Cl)c3)o2)C(=S)N1Cc1ccccc1. The van der Waals surface area contributed by atoms with E-state index in [1.165, 1.54) is 0 Å². The van der Waals surface area contributed by atoms with Crippen LogP contribution in [-0.2, 0) is 6.54 Å². The maximum Gasteiger partial charge on any atom is 0.291 e. The summed E-state index contributed by atoms with van der Waals surface area (Å²) < 4.78 is 5.88. The highest BCUT2D eigenvalue weighted by atomic mass is 35.5. The summed E-state index contributed by atoms with van der Waals surface area (Å²) in [5, 5.41) is 0.982. The highest BCUT2D eigenvalue weighted by molar-refractivity contribution is 8.19. The number of halogens is 2. The van der Waals surface area contributed by atoms with E-state index < -0.39 is 0 Å². The van der Waals surface area contributed by atoms with E-state index in [4.69, 9.17) is 39.8 Å². The summed E-state index contributed by atoms with van der Waals surface area (Å²) in [5.74, 6) is 1.24. The molecule has 0 radical (unpaired) electrons. The minimum absolute atomic E-state index is 0.0893. The molecule has 2 aromatic carbocycles. The molecule has 1 aliphatic rings. The fourth-order valence-electron chi connectivity index (χ4n) is 2.81. The van der Waals surface area contributed by atoms with Crippen LogP contribution in [0.5, 0.6) is 0 Å². The Balaban J connectivity index is 1.55. The van der Waals surface area contributed by atoms with Gasteiger partial charge in [0.15, 0.2) is 0 Å². The van der Waals surface area contributed by atoms with Gasteiger partial charge in [0, 0.05) is 15.6 Å². The molecule has 3 nitrogen and oxygen atoms in total. The lowest BCUT2D eigenvalue weighted by molar-refractivity contribution is 0.244. The number of thioether (sulfide) groups is 1. The van der Waals surface area contributed by atoms with E-state index in [0.29, 0.717) is 38.0 Å². The number of carbonyl (C=O) groups excluding carboxylic acids is 1. The highest BCUT2D eigenvalue weighted by Gasteiger charge is 2.31. The predicted molar refractivity (Wildman–Crippen MR) is 120 cm³/mol. The molecule has 0 bridgehead atoms. The maximum absolute atomic E-state index is 12.4. The molecule has 0 aliphatic carbocycles. The molecule has 0 N–H and O–H groups in total. The molecule has 4 rings (SSSR count). The minimum Gasteiger partial charge on any atom is -0.457 e. The van der Waals surface area contributed by atoms with Gasteiger partial charge >= 0.3 is 0 Å². The fourth-order valence-corrected chi connectivity index (χ4v) is 4.56. The molecule has 1 saturated heterocycles. The predicted octanol–water partition coefficient (Wildman–Crippen LogP) is 7.29. The van der Waals surface area contributed by atoms with Crippen LogP contribution in [-0.4, -0.2) is 15.1 Å². The maximum atomic E-state index is 12.4. The molecule has 0 unspecified atom stereocenters. The second-order valence-electron chi connectivity index (χ2n) is 6.11. The average molecular weight is 446 g/mol. The lowest BCUT2D eigenvalue weighted by atomic mass is 10.2. The molecule has 1 aromatic heterocycles. The number of hydrogen-bond donors (Lipinski definition) is 0. The molecule has 0 spiro atoms. The van der Waals surface area contributed by atoms with Gasteiger partial charge in [-0.25, -0.2) is 0 Å². The first-order valence-electron chi connectivity index (χ1n) is 8.35. The molecule has 140 valence electrons. The number of benzene rings is 2. The Hall–Kier alpha value is -2.05. The first-order valence-corrected chi connectivity index (χ1v) is 10.3. The largest absolute Gasteiger partial charge is 0.457 e. The van der Waals surface area contributed by atoms with Gasteiger partial charge in [-0.15, -0.1) is 0 Å². The van der Waals surface area contributed by atoms with Gasteiger partial charge in [0.05, 0.1) is 11.4 Å². The standard InChI is InChI=1S/C21H13Cl2NO2S2/c22-15-8-14(9-16(23)10-15)18-7-6-17(26-18)11-19-20(27)24(21(25)28-19)12-13-4-2-1-3-5-13/h1-11H,12H2/b19-11-. The number of carbonyl (C=O) groups is 1. The molecule has 3 aromatic rings. The second kappa shape index (κ2) is 8.13. The van der Waals surface area contributed by atoms with E-state index in [0.717, 1.165) is 22.9 Å². The molecular formula is C21H13Cl2NO2S2. The normalized spacial score (nSPS) is 15.6. The summed E-state index contributed by atoms with van der Waals surface area (Å²) in [5.41, 5.74) is 1.81. The summed E-state index contributed by atoms with van der Waals surface area (Å²) in [6.45, 7) is 0.452. The van der Waals surface area contributed by atoms with Crippen molar-refractivity contribution in [2.75, 3.05) is 0 Å². The van der Waals surface area contributed by atoms with Gasteiger partial charge in [0.1, 0.15) is 16.5 Å². The Morgan fingerprint density at radius 1 is 1.04 bits per heavy atom. The molecule has 28 heavy (non-hydrogen) atoms. The van der Waals surface area contributed by atoms with Crippen LogP contribution in [0.4, 0.5) is 4.79 Å². The summed E-state index contributed by atoms with van der Waals surface area (Å²) in [4.78, 5) is 15.2. The molecule has 0 atom stereocenters. The van der Waals surface area contributed by atoms with Crippen LogP contribution in [0, 0.1) is 0 Å². The number of amides is 1. The van der Waals surface area contributed by atoms with E-state index in [-0.39, 0.29) is 5.24 Å². The molecule has 7 heteroatoms. The summed E-state index contributed by atoms with van der Waals surface area (Å²) in [6, 6.07) is 18.6. The Morgan fingerprint density at radius 3 is 2.46 bits per heavy atom. The third-order valence-electron chi connectivity index (χ3n) is 4.10. The van der Waals surface area contributed by atoms with Crippen molar-refractivity contribution < 1.29 is 9.21 Å². The van der Waals surface area contributed by atoms with Gasteiger partial charge in [-0.1, -0.05) is 65.8 Å². The van der Waals surface area contributed by atoms with Crippen molar-refractivity contribution in [2.45, 2.75) is 6.54 Å². The van der Waals surface area contributed by atoms with E-state index in [2.05, 4.69) is 0 Å². The monoisotopic (exact) mass is 445 g/mol. The molecule has 1 aliphatic heterocycles. The van der Waals surface area contributed by atoms with Crippen LogP contribution in [0.25, 0.3) is 17.4 Å². The third-order valence-corrected chi connectivity index (χ3v) is 6.04. The summed E-state index contributed by atoms with van der Waals surface area (Å²) in [6.07, 6.45) is 1.78. The zero-order chi connectivity index (χ0) is 19.7. The second-order valence-corrected chi connectivity index (χ2v) is 8.37. The van der Waals surface area contributed by atoms with Crippen LogP contribution >= 0.6 is 47.2 Å². The first-order chi connectivity index (χ1) is 13.5. The lowest BCUT2D eigenvalue weighted by Gasteiger charge is -2.14. The number of furan rings is 1. The highest BCUT2D eigenvalue weighted by Crippen LogP contribution is 2.35. The minimum atomic E-state index is -0.0893. The van der Waals surface area contributed by atoms with Crippen molar-refractivity contribution in [3.8, 4) is 11.3 Å². The Bertz CT molecular complexity index is 1070. The van der Waals surface area contributed by atoms with Gasteiger partial charge in [-0.3, -0.25) is 9.69 Å². The van der Waals surface area contributed by atoms with Crippen LogP contribution in [0.1, 0.15) is 11.3 Å². The van der Waals surface area contributed by atoms with Crippen molar-refractivity contribution in [1.29, 1.82) is 0 Å². The third kappa shape index (κ3) is 4.18. The van der Waals surface area contributed by atoms with Crippen molar-refractivity contribution >= 4 is 63.5 Å². The van der Waals surface area contributed by atoms with Gasteiger partial charge in [-0.2, -0.15) is 0 Å². The molecular weight excluding hydrogens is 433 g/mol. The molecule has 1 amide bonds. The van der Waals surface area contributed by atoms with Crippen molar-refractivity contribution in [3.05, 3.63) is 86.9 Å². The van der Waals surface area contributed by atoms with Gasteiger partial charge in [0.2, 0.25) is 0 Å². The topological polar surface area (TPSA) is 33.5 Å². The smallest absolute Gasteiger partial charge is 0.291 e. The number of hydrogen-bond acceptors (Lipinski definition) is 4. The van der Waals surface area contributed by atoms with E-state index >= 15 is 0 Å². The van der Waals surface area contributed by atoms with Crippen LogP contribution in [0.3, 0.4) is 0 Å². The van der Waals surface area contributed by atoms with Crippen LogP contribution < -0.4 is 0 Å². The average Bonchev–Trinajstić information content (AvgIpc) is 3.23. The van der Waals surface area contributed by atoms with Crippen LogP contribution in [0.2, 0.25) is 10.0 Å². The quantitative estimate of drug-likeness (QED) is 0.311. The lowest BCUT2D eigenvalue weighted by Crippen LogP contribution is -2.26. The van der Waals surface area contributed by atoms with Crippen molar-refractivity contribution in [3.63, 3.8) is 0 Å². The first kappa shape index (κ1) is 19.3. The number of rotatable bonds is 4. The van der Waals surface area contributed by atoms with Crippen molar-refractivity contribution in [2.24, 2.45) is 0 Å². The Morgan fingerprint density at radius 2 is 1.75 bits per heavy atom. The van der Waals surface area contributed by atoms with E-state index in [1.54, 1.807) is 29.2 Å². The molecule has 2 heterocycles. The van der Waals surface area contributed by atoms with Gasteiger partial charge in [0.25, 0.3) is 5.24 Å². The van der Waals surface area contributed by atoms with E-state index in [9.17, 15) is 4.79 Å². The Labute approximate surface area is 181 Å². The van der Waals surface area contributed by atoms with Gasteiger partial charge in [-0.05, 0) is 53.7 Å². The van der Waals surface area contributed by atoms with Gasteiger partial charge < -0.3 is 4.42 Å². The molecule has 0 saturated carbocycles. The fraction of sp³-hybridized carbons (Fsp3) is 0.0476. The summed E-state index contributed by atoms with van der Waals surface area (Å²) in [7, 11) is 0. The summed E-state index contributed by atoms with van der Waals surface area (Å²) >= 11 is 18.7. The number of thiocarbonyl (C=S) groups is 1. The Kier molecular flexibility index (Phi) is 5.60. The van der Waals surface area contributed by atoms with E-state index in [1.807, 2.05) is 42.5 Å². The molecule has 1 fully saturated rings. The zero-order valence-corrected chi connectivity index (χ0v) is 17.5.